The van der Waals surface area contributed by atoms with Crippen molar-refractivity contribution in [3.05, 3.63) is 0 Å². The SMILES string of the molecule is O=CNCC(=O)N1CC2CCCC2C1C(=O)NCC(O)C(=O)NC1CC1. The highest BCUT2D eigenvalue weighted by molar-refractivity contribution is 5.90. The molecule has 3 fully saturated rings. The molecule has 0 aromatic carbocycles. The molecule has 4 atom stereocenters. The van der Waals surface area contributed by atoms with Gasteiger partial charge in [0.15, 0.2) is 0 Å². The molecule has 9 heteroatoms. The van der Waals surface area contributed by atoms with Gasteiger partial charge in [0.2, 0.25) is 18.2 Å². The zero-order valence-corrected chi connectivity index (χ0v) is 14.6. The lowest BCUT2D eigenvalue weighted by Crippen LogP contribution is -2.52. The predicted octanol–water partition coefficient (Wildman–Crippen LogP) is -1.88. The number of rotatable bonds is 8. The molecule has 26 heavy (non-hydrogen) atoms. The van der Waals surface area contributed by atoms with Crippen LogP contribution in [-0.2, 0) is 19.2 Å². The molecule has 0 aromatic heterocycles. The monoisotopic (exact) mass is 366 g/mol. The molecule has 2 saturated carbocycles. The number of nitrogens with one attached hydrogen (secondary N) is 3. The van der Waals surface area contributed by atoms with Crippen LogP contribution in [0, 0.1) is 11.8 Å². The van der Waals surface area contributed by atoms with Crippen LogP contribution in [0.1, 0.15) is 32.1 Å². The summed E-state index contributed by atoms with van der Waals surface area (Å²) in [6.45, 7) is 0.186. The van der Waals surface area contributed by atoms with E-state index in [0.29, 0.717) is 13.0 Å². The molecular weight excluding hydrogens is 340 g/mol. The number of carbonyl (C=O) groups is 4. The molecular formula is C17H26N4O5. The van der Waals surface area contributed by atoms with Crippen LogP contribution in [0.15, 0.2) is 0 Å². The van der Waals surface area contributed by atoms with Crippen molar-refractivity contribution >= 4 is 24.1 Å². The maximum Gasteiger partial charge on any atom is 0.250 e. The Kier molecular flexibility index (Phi) is 5.75. The van der Waals surface area contributed by atoms with Crippen LogP contribution < -0.4 is 16.0 Å². The molecule has 1 saturated heterocycles. The first-order valence-corrected chi connectivity index (χ1v) is 9.24. The first kappa shape index (κ1) is 18.6. The van der Waals surface area contributed by atoms with E-state index >= 15 is 0 Å². The second-order valence-corrected chi connectivity index (χ2v) is 7.39. The molecule has 0 bridgehead atoms. The molecule has 2 aliphatic carbocycles. The molecule has 4 amide bonds. The van der Waals surface area contributed by atoms with Crippen molar-refractivity contribution in [1.29, 1.82) is 0 Å². The minimum absolute atomic E-state index is 0.0904. The van der Waals surface area contributed by atoms with Gasteiger partial charge in [0.1, 0.15) is 12.1 Å². The molecule has 4 unspecified atom stereocenters. The van der Waals surface area contributed by atoms with E-state index in [4.69, 9.17) is 0 Å². The third kappa shape index (κ3) is 4.14. The summed E-state index contributed by atoms with van der Waals surface area (Å²) in [6, 6.07) is -0.470. The highest BCUT2D eigenvalue weighted by atomic mass is 16.3. The van der Waals surface area contributed by atoms with Crippen molar-refractivity contribution < 1.29 is 24.3 Å². The summed E-state index contributed by atoms with van der Waals surface area (Å²) >= 11 is 0. The van der Waals surface area contributed by atoms with E-state index in [9.17, 15) is 24.3 Å². The van der Waals surface area contributed by atoms with Crippen molar-refractivity contribution in [1.82, 2.24) is 20.9 Å². The Morgan fingerprint density at radius 2 is 1.96 bits per heavy atom. The summed E-state index contributed by atoms with van der Waals surface area (Å²) in [4.78, 5) is 48.8. The highest BCUT2D eigenvalue weighted by Gasteiger charge is 2.49. The van der Waals surface area contributed by atoms with Crippen LogP contribution in [-0.4, -0.2) is 72.0 Å². The van der Waals surface area contributed by atoms with Crippen molar-refractivity contribution in [3.63, 3.8) is 0 Å². The summed E-state index contributed by atoms with van der Waals surface area (Å²) in [5.74, 6) is -0.751. The van der Waals surface area contributed by atoms with E-state index in [2.05, 4.69) is 16.0 Å². The molecule has 3 aliphatic rings. The van der Waals surface area contributed by atoms with Gasteiger partial charge in [-0.15, -0.1) is 0 Å². The van der Waals surface area contributed by atoms with E-state index in [-0.39, 0.29) is 42.8 Å². The van der Waals surface area contributed by atoms with Gasteiger partial charge in [0, 0.05) is 12.6 Å². The first-order valence-electron chi connectivity index (χ1n) is 9.24. The number of nitrogens with zero attached hydrogens (tertiary/aromatic N) is 1. The quantitative estimate of drug-likeness (QED) is 0.374. The van der Waals surface area contributed by atoms with Gasteiger partial charge in [0.05, 0.1) is 13.1 Å². The normalized spacial score (nSPS) is 28.2. The summed E-state index contributed by atoms with van der Waals surface area (Å²) in [5, 5.41) is 17.6. The average Bonchev–Trinajstić information content (AvgIpc) is 3.18. The molecule has 0 aromatic rings. The first-order chi connectivity index (χ1) is 12.5. The van der Waals surface area contributed by atoms with Crippen LogP contribution in [0.5, 0.6) is 0 Å². The average molecular weight is 366 g/mol. The van der Waals surface area contributed by atoms with E-state index in [1.807, 2.05) is 0 Å². The summed E-state index contributed by atoms with van der Waals surface area (Å²) in [6.07, 6.45) is 3.87. The van der Waals surface area contributed by atoms with Crippen LogP contribution >= 0.6 is 0 Å². The predicted molar refractivity (Wildman–Crippen MR) is 90.6 cm³/mol. The number of hydrogen-bond donors (Lipinski definition) is 4. The van der Waals surface area contributed by atoms with Crippen LogP contribution in [0.2, 0.25) is 0 Å². The molecule has 1 aliphatic heterocycles. The van der Waals surface area contributed by atoms with Crippen LogP contribution in [0.25, 0.3) is 0 Å². The van der Waals surface area contributed by atoms with Gasteiger partial charge in [0.25, 0.3) is 5.91 Å². The lowest BCUT2D eigenvalue weighted by atomic mass is 9.93. The fourth-order valence-electron chi connectivity index (χ4n) is 4.05. The molecule has 3 rings (SSSR count). The molecule has 0 radical (unpaired) electrons. The van der Waals surface area contributed by atoms with Gasteiger partial charge in [-0.25, -0.2) is 0 Å². The van der Waals surface area contributed by atoms with Crippen molar-refractivity contribution in [2.45, 2.75) is 50.3 Å². The van der Waals surface area contributed by atoms with Gasteiger partial charge in [-0.3, -0.25) is 19.2 Å². The summed E-state index contributed by atoms with van der Waals surface area (Å²) in [5.41, 5.74) is 0. The van der Waals surface area contributed by atoms with Gasteiger partial charge >= 0.3 is 0 Å². The number of carbonyl (C=O) groups excluding carboxylic acids is 4. The third-order valence-corrected chi connectivity index (χ3v) is 5.51. The second kappa shape index (κ2) is 8.03. The third-order valence-electron chi connectivity index (χ3n) is 5.51. The van der Waals surface area contributed by atoms with Crippen molar-refractivity contribution in [2.75, 3.05) is 19.6 Å². The molecule has 144 valence electrons. The minimum Gasteiger partial charge on any atom is -0.381 e. The fraction of sp³-hybridized carbons (Fsp3) is 0.765. The Balaban J connectivity index is 1.57. The zero-order chi connectivity index (χ0) is 18.7. The Morgan fingerprint density at radius 1 is 1.19 bits per heavy atom. The minimum atomic E-state index is -1.30. The van der Waals surface area contributed by atoms with Gasteiger partial charge in [-0.1, -0.05) is 6.42 Å². The zero-order valence-electron chi connectivity index (χ0n) is 14.6. The lowest BCUT2D eigenvalue weighted by molar-refractivity contribution is -0.139. The van der Waals surface area contributed by atoms with Gasteiger partial charge in [-0.2, -0.15) is 0 Å². The summed E-state index contributed by atoms with van der Waals surface area (Å²) < 4.78 is 0. The summed E-state index contributed by atoms with van der Waals surface area (Å²) in [7, 11) is 0. The van der Waals surface area contributed by atoms with Crippen molar-refractivity contribution in [2.24, 2.45) is 11.8 Å². The maximum absolute atomic E-state index is 12.7. The largest absolute Gasteiger partial charge is 0.381 e. The number of aliphatic hydroxyl groups is 1. The number of amides is 4. The molecule has 9 nitrogen and oxygen atoms in total. The Morgan fingerprint density at radius 3 is 2.65 bits per heavy atom. The Bertz CT molecular complexity index is 580. The maximum atomic E-state index is 12.7. The highest BCUT2D eigenvalue weighted by Crippen LogP contribution is 2.42. The van der Waals surface area contributed by atoms with Gasteiger partial charge in [-0.05, 0) is 37.5 Å². The number of likely N-dealkylation sites (tertiary alicyclic amines) is 1. The van der Waals surface area contributed by atoms with E-state index < -0.39 is 18.1 Å². The van der Waals surface area contributed by atoms with Crippen LogP contribution in [0.4, 0.5) is 0 Å². The Hall–Kier alpha value is -2.16. The molecule has 1 heterocycles. The molecule has 0 spiro atoms. The number of fused-ring (bicyclic) bond motifs is 1. The Labute approximate surface area is 151 Å². The van der Waals surface area contributed by atoms with E-state index in [0.717, 1.165) is 32.1 Å². The smallest absolute Gasteiger partial charge is 0.250 e. The number of aliphatic hydroxyl groups excluding tert-OH is 1. The van der Waals surface area contributed by atoms with E-state index in [1.54, 1.807) is 0 Å². The fourth-order valence-corrected chi connectivity index (χ4v) is 4.05. The van der Waals surface area contributed by atoms with Crippen LogP contribution in [0.3, 0.4) is 0 Å². The van der Waals surface area contributed by atoms with Gasteiger partial charge < -0.3 is 26.0 Å². The molecule has 4 N–H and O–H groups in total. The lowest BCUT2D eigenvalue weighted by Gasteiger charge is -2.27. The van der Waals surface area contributed by atoms with E-state index in [1.165, 1.54) is 4.90 Å². The topological polar surface area (TPSA) is 128 Å². The standard InChI is InChI=1S/C17H26N4O5/c22-9-18-7-14(24)21-8-10-2-1-3-12(10)15(21)17(26)19-6-13(23)16(25)20-11-4-5-11/h9-13,15,23H,1-8H2,(H,18,22)(H,19,26)(H,20,25). The number of hydrogen-bond acceptors (Lipinski definition) is 5. The van der Waals surface area contributed by atoms with Crippen molar-refractivity contribution in [3.8, 4) is 0 Å². The second-order valence-electron chi connectivity index (χ2n) is 7.39.